The van der Waals surface area contributed by atoms with Crippen molar-refractivity contribution in [1.82, 2.24) is 45.6 Å². The number of aliphatic hydroxyl groups excluding tert-OH is 1. The zero-order valence-corrected chi connectivity index (χ0v) is 63.8. The SMILES string of the molecule is CCOC(=O)C1=C(CN2CCC(O)C(F)C2)NC(c2nccs2)=N[C@H]1c1ccc(F)cc1Br.CCOC(=O)C1=C(CN2CCC(OCC(=O)O)C(F)C2)NC(c2nccs2)=N[C@H]1c1ccc(F)cc1Br.CCOC(=O)C1=C(CN2CCC(OCC(=O)O)C(F)C2)NC(c2nccs2)=N[C@H]1c1ccc(F)cc1Cl. The predicted molar refractivity (Wildman–Crippen MR) is 393 cm³/mol. The van der Waals surface area contributed by atoms with Crippen LogP contribution in [0.5, 0.6) is 0 Å². The topological polar surface area (TPSA) is 314 Å². The minimum absolute atomic E-state index is 0.0137. The summed E-state index contributed by atoms with van der Waals surface area (Å²) in [6, 6.07) is 9.66. The number of aromatic nitrogens is 3. The highest BCUT2D eigenvalue weighted by Crippen LogP contribution is 2.41. The maximum atomic E-state index is 14.9. The molecule has 0 spiro atoms. The maximum Gasteiger partial charge on any atom is 0.338 e. The normalized spacial score (nSPS) is 22.8. The Kier molecular flexibility index (Phi) is 29.3. The fraction of sp³-hybridized carbons (Fsp3) is 0.414. The van der Waals surface area contributed by atoms with Crippen molar-refractivity contribution in [3.8, 4) is 0 Å². The fourth-order valence-electron chi connectivity index (χ4n) is 12.4. The van der Waals surface area contributed by atoms with Gasteiger partial charge in [-0.25, -0.2) is 65.3 Å². The number of carbonyl (C=O) groups excluding carboxylic acids is 3. The highest BCUT2D eigenvalue weighted by atomic mass is 79.9. The zero-order chi connectivity index (χ0) is 76.6. The molecule has 6 N–H and O–H groups in total. The first kappa shape index (κ1) is 81.6. The second-order valence-corrected chi connectivity index (χ2v) is 29.3. The average Bonchev–Trinajstić information content (AvgIpc) is 1.49. The van der Waals surface area contributed by atoms with Crippen molar-refractivity contribution in [2.24, 2.45) is 15.0 Å². The number of nitrogens with one attached hydrogen (secondary N) is 3. The summed E-state index contributed by atoms with van der Waals surface area (Å²) in [5.74, 6) is -4.23. The largest absolute Gasteiger partial charge is 0.480 e. The molecule has 3 aromatic carbocycles. The predicted octanol–water partition coefficient (Wildman–Crippen LogP) is 10.2. The molecule has 6 aromatic rings. The number of aliphatic hydroxyl groups is 1. The van der Waals surface area contributed by atoms with E-state index >= 15 is 0 Å². The Bertz CT molecular complexity index is 4170. The van der Waals surface area contributed by atoms with Crippen LogP contribution >= 0.6 is 77.5 Å². The van der Waals surface area contributed by atoms with Crippen molar-refractivity contribution in [1.29, 1.82) is 0 Å². The molecule has 107 heavy (non-hydrogen) atoms. The summed E-state index contributed by atoms with van der Waals surface area (Å²) in [5.41, 5.74) is 3.64. The molecule has 12 rings (SSSR count). The molecule has 0 bridgehead atoms. The van der Waals surface area contributed by atoms with Gasteiger partial charge in [-0.2, -0.15) is 0 Å². The van der Waals surface area contributed by atoms with Gasteiger partial charge in [0.1, 0.15) is 67.3 Å². The highest BCUT2D eigenvalue weighted by Gasteiger charge is 2.41. The minimum atomic E-state index is -1.42. The van der Waals surface area contributed by atoms with Crippen molar-refractivity contribution >= 4 is 125 Å². The van der Waals surface area contributed by atoms with Crippen LogP contribution in [0.1, 0.15) is 89.9 Å². The third-order valence-corrected chi connectivity index (χ3v) is 21.3. The van der Waals surface area contributed by atoms with E-state index in [4.69, 9.17) is 60.5 Å². The van der Waals surface area contributed by atoms with Gasteiger partial charge < -0.3 is 55.0 Å². The third kappa shape index (κ3) is 21.3. The molecule has 0 aliphatic carbocycles. The number of thiazole rings is 3. The molecular formula is C70H73Br2ClF6N12O13S3. The Labute approximate surface area is 643 Å². The number of carboxylic acid groups (broad SMARTS) is 2. The lowest BCUT2D eigenvalue weighted by Crippen LogP contribution is -2.48. The van der Waals surface area contributed by atoms with Gasteiger partial charge in [-0.1, -0.05) is 61.7 Å². The Hall–Kier alpha value is -7.88. The molecule has 9 heterocycles. The molecule has 3 saturated heterocycles. The monoisotopic (exact) mass is 1690 g/mol. The summed E-state index contributed by atoms with van der Waals surface area (Å²) in [5, 5.41) is 44.2. The van der Waals surface area contributed by atoms with Crippen LogP contribution in [0.3, 0.4) is 0 Å². The molecule has 9 atom stereocenters. The lowest BCUT2D eigenvalue weighted by atomic mass is 9.94. The van der Waals surface area contributed by atoms with E-state index in [1.807, 2.05) is 15.2 Å². The maximum absolute atomic E-state index is 14.9. The van der Waals surface area contributed by atoms with Gasteiger partial charge in [-0.15, -0.1) is 34.0 Å². The van der Waals surface area contributed by atoms with E-state index in [1.54, 1.807) is 67.2 Å². The molecule has 0 amide bonds. The summed E-state index contributed by atoms with van der Waals surface area (Å²) in [4.78, 5) is 93.7. The van der Waals surface area contributed by atoms with Gasteiger partial charge in [0.2, 0.25) is 0 Å². The summed E-state index contributed by atoms with van der Waals surface area (Å²) in [6.07, 6.45) is -1.08. The van der Waals surface area contributed by atoms with Crippen LogP contribution in [0.15, 0.2) is 147 Å². The smallest absolute Gasteiger partial charge is 0.338 e. The Morgan fingerprint density at radius 1 is 0.523 bits per heavy atom. The summed E-state index contributed by atoms with van der Waals surface area (Å²) in [6.45, 7) is 6.16. The van der Waals surface area contributed by atoms with Gasteiger partial charge in [0, 0.05) is 130 Å². The van der Waals surface area contributed by atoms with E-state index in [0.717, 1.165) is 6.07 Å². The van der Waals surface area contributed by atoms with Crippen LogP contribution in [-0.4, -0.2) is 221 Å². The number of alkyl halides is 3. The Morgan fingerprint density at radius 3 is 1.17 bits per heavy atom. The molecule has 3 aromatic heterocycles. The van der Waals surface area contributed by atoms with E-state index in [9.17, 15) is 55.4 Å². The number of aliphatic imine (C=N–C) groups is 3. The molecular weight excluding hydrogens is 1620 g/mol. The molecule has 0 radical (unpaired) electrons. The van der Waals surface area contributed by atoms with E-state index in [-0.39, 0.29) is 93.7 Å². The number of ether oxygens (including phenoxy) is 5. The average molecular weight is 1700 g/mol. The van der Waals surface area contributed by atoms with Crippen molar-refractivity contribution in [2.45, 2.75) is 95.0 Å². The molecule has 6 aliphatic heterocycles. The summed E-state index contributed by atoms with van der Waals surface area (Å²) >= 11 is 17.2. The number of nitrogens with zero attached hydrogens (tertiary/aromatic N) is 9. The lowest BCUT2D eigenvalue weighted by molar-refractivity contribution is -0.148. The first-order valence-corrected chi connectivity index (χ1v) is 38.2. The number of amidine groups is 3. The van der Waals surface area contributed by atoms with Crippen LogP contribution in [0.2, 0.25) is 5.02 Å². The molecule has 6 unspecified atom stereocenters. The lowest BCUT2D eigenvalue weighted by Gasteiger charge is -2.36. The fourth-order valence-corrected chi connectivity index (χ4v) is 15.6. The summed E-state index contributed by atoms with van der Waals surface area (Å²) < 4.78 is 113. The Balaban J connectivity index is 0.000000172. The quantitative estimate of drug-likeness (QED) is 0.0186. The standard InChI is InChI=1S/C24H25BrF2N4O5S.C24H25ClF2N4O5S.C22H23BrF2N4O3S/c2*1-2-35-24(34)20-17(11-31-7-5-18(16(27)10-31)36-12-19(32)33)29-22(23-28-6-8-37-23)30-21(20)14-4-3-13(26)9-15(14)25;1-2-32-22(31)18-16(11-29-7-5-17(30)15(25)10-29)27-20(21-26-6-8-33-21)28-19(18)13-4-3-12(24)9-14(13)23/h2*3-4,6,8-9,16,18,21H,2,5,7,10-12H2,1H3,(H,29,30)(H,32,33);3-4,6,8-9,15,17,19,30H,2,5,7,10-11H2,1H3,(H,27,28)/t2*16?,18?,21-;15?,17?,19-/m000/s1. The molecule has 37 heteroatoms. The van der Waals surface area contributed by atoms with Crippen molar-refractivity contribution in [2.75, 3.05) is 91.9 Å². The van der Waals surface area contributed by atoms with Gasteiger partial charge in [0.15, 0.2) is 32.5 Å². The number of benzene rings is 3. The zero-order valence-electron chi connectivity index (χ0n) is 57.5. The molecule has 0 saturated carbocycles. The van der Waals surface area contributed by atoms with Crippen LogP contribution < -0.4 is 16.0 Å². The first-order chi connectivity index (χ1) is 51.4. The molecule has 6 aliphatic rings. The minimum Gasteiger partial charge on any atom is -0.480 e. The van der Waals surface area contributed by atoms with Crippen LogP contribution in [0.4, 0.5) is 26.3 Å². The van der Waals surface area contributed by atoms with Crippen LogP contribution in [0.25, 0.3) is 0 Å². The molecule has 3 fully saturated rings. The van der Waals surface area contributed by atoms with Gasteiger partial charge in [-0.3, -0.25) is 29.7 Å². The number of piperidine rings is 3. The highest BCUT2D eigenvalue weighted by molar-refractivity contribution is 9.10. The number of hydrogen-bond acceptors (Lipinski definition) is 26. The first-order valence-electron chi connectivity index (χ1n) is 33.6. The van der Waals surface area contributed by atoms with Crippen LogP contribution in [-0.2, 0) is 47.7 Å². The number of aliphatic carboxylic acids is 2. The number of hydrogen-bond donors (Lipinski definition) is 6. The second-order valence-electron chi connectivity index (χ2n) is 24.5. The second kappa shape index (κ2) is 38.5. The summed E-state index contributed by atoms with van der Waals surface area (Å²) in [7, 11) is 0. The third-order valence-electron chi connectivity index (χ3n) is 17.3. The van der Waals surface area contributed by atoms with E-state index in [2.05, 4.69) is 62.8 Å². The number of carbonyl (C=O) groups is 5. The van der Waals surface area contributed by atoms with Crippen molar-refractivity contribution < 1.29 is 89.3 Å². The number of carboxylic acids is 2. The van der Waals surface area contributed by atoms with Gasteiger partial charge in [0.25, 0.3) is 0 Å². The van der Waals surface area contributed by atoms with Gasteiger partial charge >= 0.3 is 29.8 Å². The number of rotatable bonds is 24. The Morgan fingerprint density at radius 2 is 0.860 bits per heavy atom. The van der Waals surface area contributed by atoms with Crippen molar-refractivity contribution in [3.63, 3.8) is 0 Å². The molecule has 25 nitrogen and oxygen atoms in total. The van der Waals surface area contributed by atoms with E-state index in [0.29, 0.717) is 101 Å². The van der Waals surface area contributed by atoms with E-state index in [1.165, 1.54) is 70.4 Å². The number of halogens is 9. The number of esters is 3. The molecule has 572 valence electrons. The number of likely N-dealkylation sites (tertiary alicyclic amines) is 3. The van der Waals surface area contributed by atoms with Gasteiger partial charge in [0.05, 0.1) is 54.9 Å². The van der Waals surface area contributed by atoms with E-state index < -0.39 is 115 Å². The van der Waals surface area contributed by atoms with Gasteiger partial charge in [-0.05, 0) is 87.6 Å². The van der Waals surface area contributed by atoms with Crippen LogP contribution in [0, 0.1) is 17.5 Å². The van der Waals surface area contributed by atoms with Crippen molar-refractivity contribution in [3.05, 3.63) is 186 Å².